The highest BCUT2D eigenvalue weighted by Gasteiger charge is 2.45. The number of benzene rings is 1. The van der Waals surface area contributed by atoms with Crippen LogP contribution < -0.4 is 11.1 Å². The molecular formula is C16H22ClN3O3S. The highest BCUT2D eigenvalue weighted by Crippen LogP contribution is 2.39. The molecule has 1 amide bonds. The van der Waals surface area contributed by atoms with Gasteiger partial charge in [-0.15, -0.1) is 12.4 Å². The number of halogens is 1. The first-order valence-electron chi connectivity index (χ1n) is 8.13. The van der Waals surface area contributed by atoms with Gasteiger partial charge in [-0.05, 0) is 48.8 Å². The zero-order valence-corrected chi connectivity index (χ0v) is 14.9. The van der Waals surface area contributed by atoms with Crippen molar-refractivity contribution < 1.29 is 13.2 Å². The third-order valence-electron chi connectivity index (χ3n) is 5.52. The summed E-state index contributed by atoms with van der Waals surface area (Å²) < 4.78 is 27.4. The molecule has 0 aromatic heterocycles. The van der Waals surface area contributed by atoms with Gasteiger partial charge in [0, 0.05) is 31.2 Å². The van der Waals surface area contributed by atoms with E-state index >= 15 is 0 Å². The second kappa shape index (κ2) is 6.29. The molecule has 4 rings (SSSR count). The van der Waals surface area contributed by atoms with Crippen LogP contribution in [0.1, 0.15) is 28.8 Å². The lowest BCUT2D eigenvalue weighted by Crippen LogP contribution is -2.34. The first kappa shape index (κ1) is 17.7. The maximum Gasteiger partial charge on any atom is 0.251 e. The third-order valence-corrected chi connectivity index (χ3v) is 7.35. The summed E-state index contributed by atoms with van der Waals surface area (Å²) >= 11 is 0. The predicted octanol–water partition coefficient (Wildman–Crippen LogP) is 0.752. The number of rotatable bonds is 2. The standard InChI is InChI=1S/C16H21N3O3S.ClH/c17-15-4-2-11-8-19(9-14(11)15)23(21,22)12-3-1-10-5-6-18-16(20)13(10)7-12;/h1,3,7,11,14-15H,2,4-6,8-9,17H2,(H,18,20);1H. The van der Waals surface area contributed by atoms with Crippen molar-refractivity contribution in [2.24, 2.45) is 17.6 Å². The Morgan fingerprint density at radius 3 is 2.75 bits per heavy atom. The number of sulfonamides is 1. The summed E-state index contributed by atoms with van der Waals surface area (Å²) in [5.74, 6) is 0.454. The van der Waals surface area contributed by atoms with E-state index < -0.39 is 10.0 Å². The summed E-state index contributed by atoms with van der Waals surface area (Å²) in [4.78, 5) is 12.2. The van der Waals surface area contributed by atoms with Crippen LogP contribution in [0.15, 0.2) is 23.1 Å². The van der Waals surface area contributed by atoms with Crippen molar-refractivity contribution in [3.63, 3.8) is 0 Å². The molecule has 1 aliphatic carbocycles. The molecular weight excluding hydrogens is 350 g/mol. The minimum atomic E-state index is -3.56. The van der Waals surface area contributed by atoms with E-state index in [1.165, 1.54) is 6.07 Å². The average Bonchev–Trinajstić information content (AvgIpc) is 3.10. The second-order valence-electron chi connectivity index (χ2n) is 6.81. The van der Waals surface area contributed by atoms with E-state index in [1.807, 2.05) is 0 Å². The van der Waals surface area contributed by atoms with Crippen molar-refractivity contribution in [1.29, 1.82) is 0 Å². The molecule has 3 atom stereocenters. The number of nitrogens with zero attached hydrogens (tertiary/aromatic N) is 1. The fourth-order valence-corrected chi connectivity index (χ4v) is 5.72. The lowest BCUT2D eigenvalue weighted by atomic mass is 9.98. The van der Waals surface area contributed by atoms with Crippen molar-refractivity contribution in [3.05, 3.63) is 29.3 Å². The quantitative estimate of drug-likeness (QED) is 0.802. The maximum absolute atomic E-state index is 12.9. The number of hydrogen-bond acceptors (Lipinski definition) is 4. The fraction of sp³-hybridized carbons (Fsp3) is 0.562. The molecule has 2 heterocycles. The van der Waals surface area contributed by atoms with Gasteiger partial charge < -0.3 is 11.1 Å². The molecule has 1 aromatic carbocycles. The van der Waals surface area contributed by atoms with Gasteiger partial charge in [-0.25, -0.2) is 8.42 Å². The SMILES string of the molecule is Cl.NC1CCC2CN(S(=O)(=O)c3ccc4c(c3)C(=O)NCC4)CC12. The molecule has 0 radical (unpaired) electrons. The van der Waals surface area contributed by atoms with Gasteiger partial charge in [-0.3, -0.25) is 4.79 Å². The van der Waals surface area contributed by atoms with Crippen molar-refractivity contribution >= 4 is 28.3 Å². The monoisotopic (exact) mass is 371 g/mol. The van der Waals surface area contributed by atoms with Crippen LogP contribution in [0.3, 0.4) is 0 Å². The highest BCUT2D eigenvalue weighted by molar-refractivity contribution is 7.89. The van der Waals surface area contributed by atoms with E-state index in [2.05, 4.69) is 5.32 Å². The molecule has 6 nitrogen and oxygen atoms in total. The van der Waals surface area contributed by atoms with Crippen molar-refractivity contribution in [2.45, 2.75) is 30.2 Å². The molecule has 0 spiro atoms. The van der Waals surface area contributed by atoms with Gasteiger partial charge in [0.2, 0.25) is 10.0 Å². The number of nitrogens with one attached hydrogen (secondary N) is 1. The minimum absolute atomic E-state index is 0. The molecule has 2 aliphatic heterocycles. The number of hydrogen-bond donors (Lipinski definition) is 2. The van der Waals surface area contributed by atoms with E-state index in [0.29, 0.717) is 31.1 Å². The molecule has 1 saturated heterocycles. The molecule has 1 saturated carbocycles. The smallest absolute Gasteiger partial charge is 0.251 e. The summed E-state index contributed by atoms with van der Waals surface area (Å²) in [7, 11) is -3.56. The van der Waals surface area contributed by atoms with Crippen LogP contribution in [0.25, 0.3) is 0 Å². The normalized spacial score (nSPS) is 29.5. The third kappa shape index (κ3) is 2.73. The number of amides is 1. The van der Waals surface area contributed by atoms with Crippen LogP contribution in [0, 0.1) is 11.8 Å². The predicted molar refractivity (Wildman–Crippen MR) is 92.7 cm³/mol. The van der Waals surface area contributed by atoms with E-state index in [-0.39, 0.29) is 35.2 Å². The minimum Gasteiger partial charge on any atom is -0.352 e. The Hall–Kier alpha value is -1.15. The van der Waals surface area contributed by atoms with Crippen LogP contribution in [-0.4, -0.2) is 44.3 Å². The Labute approximate surface area is 148 Å². The largest absolute Gasteiger partial charge is 0.352 e. The molecule has 2 fully saturated rings. The molecule has 3 N–H and O–H groups in total. The Kier molecular flexibility index (Phi) is 4.63. The van der Waals surface area contributed by atoms with Gasteiger partial charge in [-0.1, -0.05) is 6.07 Å². The zero-order chi connectivity index (χ0) is 16.2. The summed E-state index contributed by atoms with van der Waals surface area (Å²) in [6.07, 6.45) is 2.73. The van der Waals surface area contributed by atoms with E-state index in [1.54, 1.807) is 16.4 Å². The number of carbonyl (C=O) groups is 1. The van der Waals surface area contributed by atoms with Crippen molar-refractivity contribution in [2.75, 3.05) is 19.6 Å². The molecule has 24 heavy (non-hydrogen) atoms. The highest BCUT2D eigenvalue weighted by atomic mass is 35.5. The Balaban J connectivity index is 0.00000169. The van der Waals surface area contributed by atoms with Gasteiger partial charge >= 0.3 is 0 Å². The van der Waals surface area contributed by atoms with Crippen LogP contribution in [-0.2, 0) is 16.4 Å². The van der Waals surface area contributed by atoms with Gasteiger partial charge in [0.1, 0.15) is 0 Å². The van der Waals surface area contributed by atoms with Gasteiger partial charge in [0.25, 0.3) is 5.91 Å². The topological polar surface area (TPSA) is 92.5 Å². The number of fused-ring (bicyclic) bond motifs is 2. The summed E-state index contributed by atoms with van der Waals surface area (Å²) in [5.41, 5.74) is 7.49. The van der Waals surface area contributed by atoms with Gasteiger partial charge in [0.05, 0.1) is 4.90 Å². The zero-order valence-electron chi connectivity index (χ0n) is 13.3. The molecule has 8 heteroatoms. The van der Waals surface area contributed by atoms with Crippen molar-refractivity contribution in [3.8, 4) is 0 Å². The van der Waals surface area contributed by atoms with E-state index in [9.17, 15) is 13.2 Å². The van der Waals surface area contributed by atoms with Gasteiger partial charge in [0.15, 0.2) is 0 Å². The van der Waals surface area contributed by atoms with Crippen LogP contribution >= 0.6 is 12.4 Å². The molecule has 3 unspecified atom stereocenters. The number of nitrogens with two attached hydrogens (primary N) is 1. The molecule has 132 valence electrons. The number of carbonyl (C=O) groups excluding carboxylic acids is 1. The lowest BCUT2D eigenvalue weighted by molar-refractivity contribution is 0.0945. The summed E-state index contributed by atoms with van der Waals surface area (Å²) in [5, 5.41) is 2.76. The van der Waals surface area contributed by atoms with E-state index in [0.717, 1.165) is 24.8 Å². The van der Waals surface area contributed by atoms with Crippen LogP contribution in [0.4, 0.5) is 0 Å². The van der Waals surface area contributed by atoms with Crippen molar-refractivity contribution in [1.82, 2.24) is 9.62 Å². The average molecular weight is 372 g/mol. The second-order valence-corrected chi connectivity index (χ2v) is 8.75. The van der Waals surface area contributed by atoms with Crippen LogP contribution in [0.2, 0.25) is 0 Å². The first-order chi connectivity index (χ1) is 11.0. The molecule has 1 aromatic rings. The summed E-state index contributed by atoms with van der Waals surface area (Å²) in [6.45, 7) is 1.65. The molecule has 3 aliphatic rings. The van der Waals surface area contributed by atoms with E-state index in [4.69, 9.17) is 5.73 Å². The van der Waals surface area contributed by atoms with Crippen LogP contribution in [0.5, 0.6) is 0 Å². The lowest BCUT2D eigenvalue weighted by Gasteiger charge is -2.21. The Bertz CT molecular complexity index is 768. The summed E-state index contributed by atoms with van der Waals surface area (Å²) in [6, 6.07) is 5.02. The Morgan fingerprint density at radius 1 is 1.21 bits per heavy atom. The Morgan fingerprint density at radius 2 is 2.00 bits per heavy atom. The molecule has 0 bridgehead atoms. The van der Waals surface area contributed by atoms with Gasteiger partial charge in [-0.2, -0.15) is 4.31 Å². The maximum atomic E-state index is 12.9. The first-order valence-corrected chi connectivity index (χ1v) is 9.57. The fourth-order valence-electron chi connectivity index (χ4n) is 4.16.